The monoisotopic (exact) mass is 287 g/mol. The van der Waals surface area contributed by atoms with Crippen LogP contribution in [0.5, 0.6) is 5.75 Å². The van der Waals surface area contributed by atoms with Gasteiger partial charge >= 0.3 is 0 Å². The minimum atomic E-state index is -0.135. The van der Waals surface area contributed by atoms with E-state index in [0.717, 1.165) is 11.3 Å². The number of phenolic OH excluding ortho intramolecular Hbond substituents is 1. The fourth-order valence-electron chi connectivity index (χ4n) is 2.03. The SMILES string of the molecule is CCn1nc(C(C)C)cc1C(=O)NCc1ccc(O)cc1. The van der Waals surface area contributed by atoms with Crippen LogP contribution in [0.1, 0.15) is 48.4 Å². The quantitative estimate of drug-likeness (QED) is 0.888. The van der Waals surface area contributed by atoms with E-state index < -0.39 is 0 Å². The molecule has 0 fully saturated rings. The average Bonchev–Trinajstić information content (AvgIpc) is 2.91. The summed E-state index contributed by atoms with van der Waals surface area (Å²) < 4.78 is 1.72. The second kappa shape index (κ2) is 6.43. The molecule has 0 spiro atoms. The average molecular weight is 287 g/mol. The molecule has 2 rings (SSSR count). The van der Waals surface area contributed by atoms with Crippen LogP contribution in [-0.4, -0.2) is 20.8 Å². The number of aromatic nitrogens is 2. The summed E-state index contributed by atoms with van der Waals surface area (Å²) in [5.74, 6) is 0.376. The molecule has 5 heteroatoms. The Morgan fingerprint density at radius 2 is 2.00 bits per heavy atom. The van der Waals surface area contributed by atoms with Gasteiger partial charge in [0.1, 0.15) is 11.4 Å². The first kappa shape index (κ1) is 15.1. The molecule has 0 aliphatic heterocycles. The van der Waals surface area contributed by atoms with Gasteiger partial charge in [0, 0.05) is 13.1 Å². The van der Waals surface area contributed by atoms with Gasteiger partial charge in [-0.05, 0) is 36.6 Å². The van der Waals surface area contributed by atoms with Gasteiger partial charge in [0.2, 0.25) is 0 Å². The van der Waals surface area contributed by atoms with Gasteiger partial charge in [-0.3, -0.25) is 9.48 Å². The molecule has 0 aliphatic carbocycles. The Labute approximate surface area is 124 Å². The van der Waals surface area contributed by atoms with Gasteiger partial charge in [0.15, 0.2) is 0 Å². The zero-order chi connectivity index (χ0) is 15.4. The second-order valence-corrected chi connectivity index (χ2v) is 5.27. The zero-order valence-electron chi connectivity index (χ0n) is 12.6. The summed E-state index contributed by atoms with van der Waals surface area (Å²) in [5.41, 5.74) is 2.44. The predicted octanol–water partition coefficient (Wildman–Crippen LogP) is 2.66. The summed E-state index contributed by atoms with van der Waals surface area (Å²) in [5, 5.41) is 16.6. The number of nitrogens with zero attached hydrogens (tertiary/aromatic N) is 2. The Bertz CT molecular complexity index is 615. The molecule has 2 N–H and O–H groups in total. The highest BCUT2D eigenvalue weighted by Gasteiger charge is 2.15. The number of phenols is 1. The van der Waals surface area contributed by atoms with E-state index in [1.807, 2.05) is 13.0 Å². The van der Waals surface area contributed by atoms with Crippen LogP contribution in [0, 0.1) is 0 Å². The fraction of sp³-hybridized carbons (Fsp3) is 0.375. The highest BCUT2D eigenvalue weighted by Crippen LogP contribution is 2.15. The van der Waals surface area contributed by atoms with Crippen molar-refractivity contribution in [3.63, 3.8) is 0 Å². The maximum Gasteiger partial charge on any atom is 0.269 e. The number of rotatable bonds is 5. The molecular formula is C16H21N3O2. The molecule has 0 radical (unpaired) electrons. The summed E-state index contributed by atoms with van der Waals surface area (Å²) >= 11 is 0. The lowest BCUT2D eigenvalue weighted by Gasteiger charge is -2.06. The number of aryl methyl sites for hydroxylation is 1. The highest BCUT2D eigenvalue weighted by atomic mass is 16.3. The lowest BCUT2D eigenvalue weighted by atomic mass is 10.1. The van der Waals surface area contributed by atoms with Gasteiger partial charge in [-0.15, -0.1) is 0 Å². The Kier molecular flexibility index (Phi) is 4.62. The Balaban J connectivity index is 2.07. The number of carbonyl (C=O) groups excluding carboxylic acids is 1. The molecule has 1 amide bonds. The third kappa shape index (κ3) is 3.62. The summed E-state index contributed by atoms with van der Waals surface area (Å²) in [6, 6.07) is 8.63. The maximum atomic E-state index is 12.3. The molecule has 21 heavy (non-hydrogen) atoms. The number of aromatic hydroxyl groups is 1. The standard InChI is InChI=1S/C16H21N3O2/c1-4-19-15(9-14(18-19)11(2)3)16(21)17-10-12-5-7-13(20)8-6-12/h5-9,11,20H,4,10H2,1-3H3,(H,17,21). The first-order valence-corrected chi connectivity index (χ1v) is 7.15. The first-order chi connectivity index (χ1) is 10.0. The molecule has 5 nitrogen and oxygen atoms in total. The van der Waals surface area contributed by atoms with Crippen LogP contribution in [0.3, 0.4) is 0 Å². The molecule has 0 bridgehead atoms. The van der Waals surface area contributed by atoms with Gasteiger partial charge in [0.05, 0.1) is 5.69 Å². The van der Waals surface area contributed by atoms with Crippen molar-refractivity contribution in [2.75, 3.05) is 0 Å². The lowest BCUT2D eigenvalue weighted by molar-refractivity contribution is 0.0940. The molecule has 0 aliphatic rings. The van der Waals surface area contributed by atoms with Gasteiger partial charge in [-0.1, -0.05) is 26.0 Å². The smallest absolute Gasteiger partial charge is 0.269 e. The molecule has 2 aromatic rings. The predicted molar refractivity (Wildman–Crippen MR) is 81.3 cm³/mol. The van der Waals surface area contributed by atoms with Crippen molar-refractivity contribution in [2.45, 2.75) is 39.8 Å². The van der Waals surface area contributed by atoms with Crippen molar-refractivity contribution in [3.05, 3.63) is 47.3 Å². The summed E-state index contributed by atoms with van der Waals surface area (Å²) in [4.78, 5) is 12.3. The summed E-state index contributed by atoms with van der Waals surface area (Å²) in [6.45, 7) is 7.16. The third-order valence-electron chi connectivity index (χ3n) is 3.31. The van der Waals surface area contributed by atoms with E-state index in [2.05, 4.69) is 24.3 Å². The van der Waals surface area contributed by atoms with E-state index in [4.69, 9.17) is 0 Å². The number of hydrogen-bond acceptors (Lipinski definition) is 3. The van der Waals surface area contributed by atoms with Crippen molar-refractivity contribution in [1.29, 1.82) is 0 Å². The number of benzene rings is 1. The molecule has 0 saturated carbocycles. The Morgan fingerprint density at radius 3 is 2.57 bits per heavy atom. The van der Waals surface area contributed by atoms with Crippen molar-refractivity contribution in [1.82, 2.24) is 15.1 Å². The van der Waals surface area contributed by atoms with E-state index in [1.54, 1.807) is 28.9 Å². The van der Waals surface area contributed by atoms with Crippen molar-refractivity contribution < 1.29 is 9.90 Å². The third-order valence-corrected chi connectivity index (χ3v) is 3.31. The zero-order valence-corrected chi connectivity index (χ0v) is 12.6. The first-order valence-electron chi connectivity index (χ1n) is 7.15. The molecular weight excluding hydrogens is 266 g/mol. The Morgan fingerprint density at radius 1 is 1.33 bits per heavy atom. The van der Waals surface area contributed by atoms with Crippen molar-refractivity contribution in [3.8, 4) is 5.75 Å². The number of nitrogens with one attached hydrogen (secondary N) is 1. The van der Waals surface area contributed by atoms with Crippen LogP contribution < -0.4 is 5.32 Å². The van der Waals surface area contributed by atoms with E-state index in [1.165, 1.54) is 0 Å². The van der Waals surface area contributed by atoms with Gasteiger partial charge in [-0.25, -0.2) is 0 Å². The van der Waals surface area contributed by atoms with E-state index >= 15 is 0 Å². The Hall–Kier alpha value is -2.30. The molecule has 1 aromatic heterocycles. The molecule has 1 heterocycles. The number of carbonyl (C=O) groups is 1. The van der Waals surface area contributed by atoms with Crippen LogP contribution in [0.4, 0.5) is 0 Å². The van der Waals surface area contributed by atoms with E-state index in [0.29, 0.717) is 24.7 Å². The highest BCUT2D eigenvalue weighted by molar-refractivity contribution is 5.92. The number of amides is 1. The molecule has 0 atom stereocenters. The minimum absolute atomic E-state index is 0.135. The van der Waals surface area contributed by atoms with Crippen LogP contribution in [0.15, 0.2) is 30.3 Å². The fourth-order valence-corrected chi connectivity index (χ4v) is 2.03. The van der Waals surface area contributed by atoms with Crippen LogP contribution >= 0.6 is 0 Å². The lowest BCUT2D eigenvalue weighted by Crippen LogP contribution is -2.25. The normalized spacial score (nSPS) is 10.9. The summed E-state index contributed by atoms with van der Waals surface area (Å²) in [6.07, 6.45) is 0. The molecule has 0 saturated heterocycles. The van der Waals surface area contributed by atoms with E-state index in [-0.39, 0.29) is 11.7 Å². The number of hydrogen-bond donors (Lipinski definition) is 2. The van der Waals surface area contributed by atoms with Crippen molar-refractivity contribution in [2.24, 2.45) is 0 Å². The van der Waals surface area contributed by atoms with Gasteiger partial charge in [0.25, 0.3) is 5.91 Å². The molecule has 1 aromatic carbocycles. The van der Waals surface area contributed by atoms with Gasteiger partial charge < -0.3 is 10.4 Å². The molecule has 0 unspecified atom stereocenters. The molecule has 112 valence electrons. The van der Waals surface area contributed by atoms with Crippen LogP contribution in [0.25, 0.3) is 0 Å². The van der Waals surface area contributed by atoms with Gasteiger partial charge in [-0.2, -0.15) is 5.10 Å². The summed E-state index contributed by atoms with van der Waals surface area (Å²) in [7, 11) is 0. The second-order valence-electron chi connectivity index (χ2n) is 5.27. The maximum absolute atomic E-state index is 12.3. The van der Waals surface area contributed by atoms with Crippen LogP contribution in [0.2, 0.25) is 0 Å². The van der Waals surface area contributed by atoms with Crippen molar-refractivity contribution >= 4 is 5.91 Å². The topological polar surface area (TPSA) is 67.2 Å². The van der Waals surface area contributed by atoms with Crippen LogP contribution in [-0.2, 0) is 13.1 Å². The largest absolute Gasteiger partial charge is 0.508 e. The minimum Gasteiger partial charge on any atom is -0.508 e. The van der Waals surface area contributed by atoms with E-state index in [9.17, 15) is 9.90 Å².